The van der Waals surface area contributed by atoms with E-state index in [1.807, 2.05) is 0 Å². The second-order valence-electron chi connectivity index (χ2n) is 3.60. The molecule has 2 aromatic rings. The molecule has 1 aromatic heterocycles. The summed E-state index contributed by atoms with van der Waals surface area (Å²) in [5.74, 6) is -0.362. The van der Waals surface area contributed by atoms with Crippen molar-refractivity contribution >= 4 is 24.6 Å². The van der Waals surface area contributed by atoms with Crippen molar-refractivity contribution in [3.05, 3.63) is 24.0 Å². The maximum atomic E-state index is 13.5. The molecule has 0 N–H and O–H groups in total. The Kier molecular flexibility index (Phi) is 3.38. The molecule has 68 valence electrons. The fourth-order valence-corrected chi connectivity index (χ4v) is 1.77. The van der Waals surface area contributed by atoms with Gasteiger partial charge in [0.15, 0.2) is 7.85 Å². The molecule has 1 aliphatic rings. The Bertz CT molecular complexity index is 507. The number of nitrogens with zero attached hydrogens (tertiary/aromatic N) is 2. The summed E-state index contributed by atoms with van der Waals surface area (Å²) in [6.45, 7) is 0. The molecule has 5 heteroatoms. The van der Waals surface area contributed by atoms with Gasteiger partial charge in [-0.25, -0.2) is 4.39 Å². The Hall–Kier alpha value is 0.321. The summed E-state index contributed by atoms with van der Waals surface area (Å²) in [7, 11) is 5.73. The number of hydrogen-bond acceptors (Lipinski definition) is 1. The van der Waals surface area contributed by atoms with Crippen LogP contribution in [0.1, 0.15) is 18.9 Å². The molecule has 0 unspecified atom stereocenters. The standard InChI is InChI=1S/C10H7BFN2.K/c11-10-13-8-3-1-2-7(12)9(8)14(10)6-4-5-6;/h1,3,6H,4-5H2;/q-1;+1. The molecule has 0 aliphatic heterocycles. The second-order valence-corrected chi connectivity index (χ2v) is 3.60. The largest absolute Gasteiger partial charge is 1.00 e. The van der Waals surface area contributed by atoms with Gasteiger partial charge in [0.05, 0.1) is 0 Å². The third kappa shape index (κ3) is 1.96. The number of fused-ring (bicyclic) bond motifs is 1. The maximum Gasteiger partial charge on any atom is 1.00 e. The van der Waals surface area contributed by atoms with Crippen LogP contribution in [-0.4, -0.2) is 17.4 Å². The molecular weight excluding hydrogens is 217 g/mol. The predicted molar refractivity (Wildman–Crippen MR) is 52.2 cm³/mol. The minimum Gasteiger partial charge on any atom is -0.385 e. The van der Waals surface area contributed by atoms with Crippen molar-refractivity contribution in [2.75, 3.05) is 0 Å². The van der Waals surface area contributed by atoms with E-state index >= 15 is 0 Å². The van der Waals surface area contributed by atoms with Crippen LogP contribution in [0.15, 0.2) is 12.1 Å². The smallest absolute Gasteiger partial charge is 0.385 e. The van der Waals surface area contributed by atoms with E-state index < -0.39 is 0 Å². The minimum absolute atomic E-state index is 0. The molecule has 0 spiro atoms. The number of imidazole rings is 1. The molecule has 0 amide bonds. The average Bonchev–Trinajstić information content (AvgIpc) is 2.90. The Morgan fingerprint density at radius 3 is 2.93 bits per heavy atom. The van der Waals surface area contributed by atoms with Crippen molar-refractivity contribution in [1.29, 1.82) is 0 Å². The maximum absolute atomic E-state index is 13.5. The van der Waals surface area contributed by atoms with E-state index in [-0.39, 0.29) is 57.2 Å². The van der Waals surface area contributed by atoms with Crippen LogP contribution in [0, 0.1) is 11.9 Å². The third-order valence-corrected chi connectivity index (χ3v) is 2.54. The van der Waals surface area contributed by atoms with Gasteiger partial charge in [-0.05, 0) is 23.9 Å². The Balaban J connectivity index is 0.000000853. The zero-order valence-electron chi connectivity index (χ0n) is 8.50. The number of halogens is 1. The van der Waals surface area contributed by atoms with Crippen LogP contribution in [-0.2, 0) is 0 Å². The predicted octanol–water partition coefficient (Wildman–Crippen LogP) is -1.89. The first kappa shape index (κ1) is 11.8. The van der Waals surface area contributed by atoms with Gasteiger partial charge < -0.3 is 4.57 Å². The first-order valence-corrected chi connectivity index (χ1v) is 4.61. The Morgan fingerprint density at radius 1 is 1.53 bits per heavy atom. The van der Waals surface area contributed by atoms with E-state index in [0.717, 1.165) is 12.8 Å². The monoisotopic (exact) mass is 224 g/mol. The van der Waals surface area contributed by atoms with Crippen LogP contribution in [0.2, 0.25) is 0 Å². The summed E-state index contributed by atoms with van der Waals surface area (Å²) in [6, 6.07) is 6.12. The van der Waals surface area contributed by atoms with Gasteiger partial charge in [0.25, 0.3) is 0 Å². The van der Waals surface area contributed by atoms with E-state index in [1.54, 1.807) is 10.6 Å². The molecule has 2 nitrogen and oxygen atoms in total. The van der Waals surface area contributed by atoms with Crippen LogP contribution >= 0.6 is 0 Å². The van der Waals surface area contributed by atoms with Crippen LogP contribution < -0.4 is 57.1 Å². The van der Waals surface area contributed by atoms with Crippen molar-refractivity contribution in [1.82, 2.24) is 9.55 Å². The van der Waals surface area contributed by atoms with E-state index in [2.05, 4.69) is 11.1 Å². The molecule has 1 fully saturated rings. The molecule has 15 heavy (non-hydrogen) atoms. The third-order valence-electron chi connectivity index (χ3n) is 2.54. The summed E-state index contributed by atoms with van der Waals surface area (Å²) in [4.78, 5) is 4.12. The zero-order valence-corrected chi connectivity index (χ0v) is 11.6. The zero-order chi connectivity index (χ0) is 9.71. The number of hydrogen-bond donors (Lipinski definition) is 0. The first-order valence-electron chi connectivity index (χ1n) is 4.61. The summed E-state index contributed by atoms with van der Waals surface area (Å²) in [6.07, 6.45) is 2.12. The molecular formula is C10H7BFKN2. The molecule has 1 aliphatic carbocycles. The summed E-state index contributed by atoms with van der Waals surface area (Å²) >= 11 is 0. The number of benzene rings is 1. The molecule has 1 saturated carbocycles. The van der Waals surface area contributed by atoms with Gasteiger partial charge >= 0.3 is 51.4 Å². The van der Waals surface area contributed by atoms with Crippen LogP contribution in [0.5, 0.6) is 0 Å². The topological polar surface area (TPSA) is 17.8 Å². The van der Waals surface area contributed by atoms with E-state index in [9.17, 15) is 4.39 Å². The second kappa shape index (κ2) is 4.30. The van der Waals surface area contributed by atoms with Crippen LogP contribution in [0.3, 0.4) is 0 Å². The molecule has 1 aromatic carbocycles. The summed E-state index contributed by atoms with van der Waals surface area (Å²) in [5, 5.41) is 0. The van der Waals surface area contributed by atoms with Gasteiger partial charge in [0, 0.05) is 17.6 Å². The van der Waals surface area contributed by atoms with E-state index in [0.29, 0.717) is 22.8 Å². The first-order chi connectivity index (χ1) is 6.77. The molecule has 0 saturated heterocycles. The minimum atomic E-state index is -0.362. The Labute approximate surface area is 131 Å². The Morgan fingerprint density at radius 2 is 2.27 bits per heavy atom. The fraction of sp³-hybridized carbons (Fsp3) is 0.300. The van der Waals surface area contributed by atoms with Crippen molar-refractivity contribution in [2.45, 2.75) is 18.9 Å². The molecule has 0 atom stereocenters. The molecule has 3 rings (SSSR count). The van der Waals surface area contributed by atoms with Crippen LogP contribution in [0.4, 0.5) is 4.39 Å². The van der Waals surface area contributed by atoms with Crippen molar-refractivity contribution in [3.8, 4) is 0 Å². The van der Waals surface area contributed by atoms with Gasteiger partial charge in [0.1, 0.15) is 0 Å². The van der Waals surface area contributed by atoms with Gasteiger partial charge in [-0.2, -0.15) is 6.07 Å². The molecule has 2 radical (unpaired) electrons. The number of rotatable bonds is 1. The number of aromatic nitrogens is 2. The molecule has 0 bridgehead atoms. The average molecular weight is 224 g/mol. The summed E-state index contributed by atoms with van der Waals surface area (Å²) < 4.78 is 15.3. The summed E-state index contributed by atoms with van der Waals surface area (Å²) in [5.41, 5.74) is 1.51. The van der Waals surface area contributed by atoms with Gasteiger partial charge in [-0.15, -0.1) is 12.1 Å². The SMILES string of the molecule is [B]c1nc2cc[c-]c(F)c2n1C1CC1.[K+]. The van der Waals surface area contributed by atoms with Crippen LogP contribution in [0.25, 0.3) is 11.0 Å². The van der Waals surface area contributed by atoms with Gasteiger partial charge in [0.2, 0.25) is 0 Å². The quantitative estimate of drug-likeness (QED) is 0.409. The van der Waals surface area contributed by atoms with Crippen molar-refractivity contribution in [3.63, 3.8) is 0 Å². The van der Waals surface area contributed by atoms with Gasteiger partial charge in [-0.3, -0.25) is 4.98 Å². The van der Waals surface area contributed by atoms with E-state index in [4.69, 9.17) is 7.85 Å². The van der Waals surface area contributed by atoms with Crippen molar-refractivity contribution < 1.29 is 55.8 Å². The fourth-order valence-electron chi connectivity index (χ4n) is 1.77. The normalized spacial score (nSPS) is 15.3. The van der Waals surface area contributed by atoms with Gasteiger partial charge in [-0.1, -0.05) is 0 Å². The molecule has 1 heterocycles. The van der Waals surface area contributed by atoms with E-state index in [1.165, 1.54) is 6.07 Å². The van der Waals surface area contributed by atoms with Crippen molar-refractivity contribution in [2.24, 2.45) is 0 Å².